The van der Waals surface area contributed by atoms with E-state index in [4.69, 9.17) is 16.3 Å². The van der Waals surface area contributed by atoms with E-state index in [2.05, 4.69) is 15.6 Å². The number of alkyl halides is 1. The molecule has 3 rings (SSSR count). The fourth-order valence-electron chi connectivity index (χ4n) is 2.50. The van der Waals surface area contributed by atoms with Crippen LogP contribution in [-0.2, 0) is 17.7 Å². The van der Waals surface area contributed by atoms with Gasteiger partial charge in [0.25, 0.3) is 0 Å². The summed E-state index contributed by atoms with van der Waals surface area (Å²) in [5.41, 5.74) is 2.37. The van der Waals surface area contributed by atoms with Crippen LogP contribution in [0, 0.1) is 17.2 Å². The first-order valence-electron chi connectivity index (χ1n) is 7.35. The lowest BCUT2D eigenvalue weighted by atomic mass is 10.2. The van der Waals surface area contributed by atoms with Crippen molar-refractivity contribution in [2.75, 3.05) is 19.1 Å². The molecule has 1 saturated carbocycles. The third-order valence-electron chi connectivity index (χ3n) is 3.81. The lowest BCUT2D eigenvalue weighted by Gasteiger charge is -2.09. The van der Waals surface area contributed by atoms with Gasteiger partial charge in [0.2, 0.25) is 0 Å². The number of nitriles is 1. The summed E-state index contributed by atoms with van der Waals surface area (Å²) in [5, 5.41) is 9.20. The molecule has 1 aromatic heterocycles. The molecule has 1 heterocycles. The first-order chi connectivity index (χ1) is 10.3. The Morgan fingerprint density at radius 2 is 2.29 bits per heavy atom. The number of nitrogens with zero attached hydrogens (tertiary/aromatic N) is 3. The summed E-state index contributed by atoms with van der Waals surface area (Å²) in [6, 6.07) is 7.90. The summed E-state index contributed by atoms with van der Waals surface area (Å²) in [6.07, 6.45) is 3.30. The minimum atomic E-state index is 0.522. The van der Waals surface area contributed by atoms with Gasteiger partial charge in [-0.25, -0.2) is 4.98 Å². The van der Waals surface area contributed by atoms with Crippen LogP contribution in [0.2, 0.25) is 0 Å². The molecular weight excluding hydrogens is 286 g/mol. The number of aryl methyl sites for hydroxylation is 1. The lowest BCUT2D eigenvalue weighted by molar-refractivity contribution is 0.117. The highest BCUT2D eigenvalue weighted by Crippen LogP contribution is 2.28. The topological polar surface area (TPSA) is 50.8 Å². The van der Waals surface area contributed by atoms with Crippen molar-refractivity contribution in [2.24, 2.45) is 5.92 Å². The standard InChI is InChI=1S/C16H18ClN3O/c17-7-6-15-19-16-13(10-18)2-1-3-14(16)20(15)8-9-21-11-12-4-5-12/h1-3,12H,4-9,11H2. The van der Waals surface area contributed by atoms with Gasteiger partial charge in [-0.3, -0.25) is 0 Å². The maximum atomic E-state index is 9.20. The van der Waals surface area contributed by atoms with Crippen LogP contribution in [0.5, 0.6) is 0 Å². The molecule has 21 heavy (non-hydrogen) atoms. The molecule has 1 aliphatic rings. The average Bonchev–Trinajstić information content (AvgIpc) is 3.26. The molecule has 0 atom stereocenters. The zero-order chi connectivity index (χ0) is 14.7. The Bertz CT molecular complexity index is 670. The van der Waals surface area contributed by atoms with E-state index < -0.39 is 0 Å². The molecule has 1 fully saturated rings. The zero-order valence-corrected chi connectivity index (χ0v) is 12.6. The van der Waals surface area contributed by atoms with E-state index in [0.717, 1.165) is 35.9 Å². The van der Waals surface area contributed by atoms with Crippen molar-refractivity contribution in [3.63, 3.8) is 0 Å². The van der Waals surface area contributed by atoms with E-state index in [0.29, 0.717) is 24.5 Å². The van der Waals surface area contributed by atoms with Gasteiger partial charge in [0.1, 0.15) is 17.4 Å². The van der Waals surface area contributed by atoms with Gasteiger partial charge < -0.3 is 9.30 Å². The Balaban J connectivity index is 1.82. The Morgan fingerprint density at radius 1 is 1.43 bits per heavy atom. The molecule has 4 nitrogen and oxygen atoms in total. The van der Waals surface area contributed by atoms with Crippen LogP contribution >= 0.6 is 11.6 Å². The number of imidazole rings is 1. The van der Waals surface area contributed by atoms with Gasteiger partial charge in [-0.2, -0.15) is 5.26 Å². The van der Waals surface area contributed by atoms with Crippen LogP contribution in [0.15, 0.2) is 18.2 Å². The molecule has 0 aliphatic heterocycles. The molecule has 0 N–H and O–H groups in total. The van der Waals surface area contributed by atoms with Crippen LogP contribution in [0.4, 0.5) is 0 Å². The van der Waals surface area contributed by atoms with Gasteiger partial charge in [0.15, 0.2) is 0 Å². The molecule has 0 radical (unpaired) electrons. The van der Waals surface area contributed by atoms with E-state index in [1.165, 1.54) is 12.8 Å². The molecule has 110 valence electrons. The number of halogens is 1. The second-order valence-corrected chi connectivity index (χ2v) is 5.80. The van der Waals surface area contributed by atoms with E-state index in [-0.39, 0.29) is 0 Å². The molecule has 0 bridgehead atoms. The normalized spacial score (nSPS) is 14.5. The highest BCUT2D eigenvalue weighted by molar-refractivity contribution is 6.17. The number of para-hydroxylation sites is 1. The lowest BCUT2D eigenvalue weighted by Crippen LogP contribution is -2.11. The molecule has 0 unspecified atom stereocenters. The minimum Gasteiger partial charge on any atom is -0.379 e. The Labute approximate surface area is 129 Å². The summed E-state index contributed by atoms with van der Waals surface area (Å²) in [5.74, 6) is 2.23. The SMILES string of the molecule is N#Cc1cccc2c1nc(CCCl)n2CCOCC1CC1. The van der Waals surface area contributed by atoms with Gasteiger partial charge in [-0.05, 0) is 30.9 Å². The van der Waals surface area contributed by atoms with Crippen LogP contribution < -0.4 is 0 Å². The molecular formula is C16H18ClN3O. The number of ether oxygens (including phenoxy) is 1. The monoisotopic (exact) mass is 303 g/mol. The van der Waals surface area contributed by atoms with Crippen LogP contribution in [-0.4, -0.2) is 28.6 Å². The van der Waals surface area contributed by atoms with Crippen LogP contribution in [0.25, 0.3) is 11.0 Å². The summed E-state index contributed by atoms with van der Waals surface area (Å²) in [6.45, 7) is 2.29. The Morgan fingerprint density at radius 3 is 3.00 bits per heavy atom. The van der Waals surface area contributed by atoms with Gasteiger partial charge in [0.05, 0.1) is 17.7 Å². The number of fused-ring (bicyclic) bond motifs is 1. The quantitative estimate of drug-likeness (QED) is 0.583. The number of hydrogen-bond donors (Lipinski definition) is 0. The molecule has 0 saturated heterocycles. The van der Waals surface area contributed by atoms with Crippen molar-refractivity contribution in [3.05, 3.63) is 29.6 Å². The first kappa shape index (κ1) is 14.4. The van der Waals surface area contributed by atoms with Crippen molar-refractivity contribution in [1.29, 1.82) is 5.26 Å². The van der Waals surface area contributed by atoms with Crippen molar-refractivity contribution in [1.82, 2.24) is 9.55 Å². The van der Waals surface area contributed by atoms with E-state index in [1.54, 1.807) is 6.07 Å². The Hall–Kier alpha value is -1.57. The van der Waals surface area contributed by atoms with Crippen molar-refractivity contribution in [3.8, 4) is 6.07 Å². The van der Waals surface area contributed by atoms with Crippen molar-refractivity contribution >= 4 is 22.6 Å². The molecule has 2 aromatic rings. The third kappa shape index (κ3) is 3.20. The fraction of sp³-hybridized carbons (Fsp3) is 0.500. The molecule has 1 aromatic carbocycles. The smallest absolute Gasteiger partial charge is 0.111 e. The number of hydrogen-bond acceptors (Lipinski definition) is 3. The predicted molar refractivity (Wildman–Crippen MR) is 82.4 cm³/mol. The third-order valence-corrected chi connectivity index (χ3v) is 4.00. The first-order valence-corrected chi connectivity index (χ1v) is 7.89. The van der Waals surface area contributed by atoms with Crippen molar-refractivity contribution in [2.45, 2.75) is 25.8 Å². The molecule has 1 aliphatic carbocycles. The number of aromatic nitrogens is 2. The minimum absolute atomic E-state index is 0.522. The summed E-state index contributed by atoms with van der Waals surface area (Å²) >= 11 is 5.87. The number of benzene rings is 1. The van der Waals surface area contributed by atoms with Gasteiger partial charge >= 0.3 is 0 Å². The van der Waals surface area contributed by atoms with E-state index in [9.17, 15) is 5.26 Å². The fourth-order valence-corrected chi connectivity index (χ4v) is 2.67. The highest BCUT2D eigenvalue weighted by atomic mass is 35.5. The van der Waals surface area contributed by atoms with Crippen LogP contribution in [0.3, 0.4) is 0 Å². The second kappa shape index (κ2) is 6.46. The van der Waals surface area contributed by atoms with Crippen LogP contribution in [0.1, 0.15) is 24.2 Å². The maximum Gasteiger partial charge on any atom is 0.111 e. The van der Waals surface area contributed by atoms with Gasteiger partial charge in [-0.1, -0.05) is 6.07 Å². The Kier molecular flexibility index (Phi) is 4.42. The number of rotatable bonds is 7. The largest absolute Gasteiger partial charge is 0.379 e. The molecule has 0 amide bonds. The summed E-state index contributed by atoms with van der Waals surface area (Å²) in [4.78, 5) is 4.60. The summed E-state index contributed by atoms with van der Waals surface area (Å²) in [7, 11) is 0. The van der Waals surface area contributed by atoms with E-state index >= 15 is 0 Å². The summed E-state index contributed by atoms with van der Waals surface area (Å²) < 4.78 is 7.85. The van der Waals surface area contributed by atoms with Crippen molar-refractivity contribution < 1.29 is 4.74 Å². The highest BCUT2D eigenvalue weighted by Gasteiger charge is 2.21. The average molecular weight is 304 g/mol. The zero-order valence-electron chi connectivity index (χ0n) is 11.9. The van der Waals surface area contributed by atoms with Gasteiger partial charge in [0, 0.05) is 25.5 Å². The molecule has 5 heteroatoms. The predicted octanol–water partition coefficient (Wildman–Crippen LogP) is 3.12. The van der Waals surface area contributed by atoms with Gasteiger partial charge in [-0.15, -0.1) is 11.6 Å². The maximum absolute atomic E-state index is 9.20. The second-order valence-electron chi connectivity index (χ2n) is 5.42. The van der Waals surface area contributed by atoms with E-state index in [1.807, 2.05) is 12.1 Å². The molecule has 0 spiro atoms.